The molecule has 24 heavy (non-hydrogen) atoms. The molecule has 2 rings (SSSR count). The first-order valence-electron chi connectivity index (χ1n) is 8.15. The van der Waals surface area contributed by atoms with Crippen LogP contribution in [0.3, 0.4) is 0 Å². The molecule has 0 aromatic heterocycles. The Morgan fingerprint density at radius 2 is 2.04 bits per heavy atom. The van der Waals surface area contributed by atoms with Gasteiger partial charge >= 0.3 is 12.1 Å². The first-order chi connectivity index (χ1) is 11.3. The van der Waals surface area contributed by atoms with Gasteiger partial charge in [0.05, 0.1) is 7.11 Å². The maximum absolute atomic E-state index is 12.2. The highest BCUT2D eigenvalue weighted by molar-refractivity contribution is 6.30. The Morgan fingerprint density at radius 1 is 1.33 bits per heavy atom. The number of hydrogen-bond acceptors (Lipinski definition) is 4. The molecule has 1 saturated carbocycles. The maximum atomic E-state index is 12.2. The molecule has 5 nitrogen and oxygen atoms in total. The van der Waals surface area contributed by atoms with Gasteiger partial charge in [0.15, 0.2) is 0 Å². The number of nitrogens with one attached hydrogen (secondary N) is 1. The first kappa shape index (κ1) is 18.6. The molecule has 1 fully saturated rings. The molecule has 132 valence electrons. The lowest BCUT2D eigenvalue weighted by Gasteiger charge is -2.21. The second-order valence-electron chi connectivity index (χ2n) is 6.73. The summed E-state index contributed by atoms with van der Waals surface area (Å²) in [5.41, 5.74) is 0.535. The standard InChI is InChI=1S/C18H24ClNO4/c1-12(2)9-15(16(21)23-3)20-17(22)24-18(7-8-18)11-13-5-4-6-14(19)10-13/h4-6,10,12,15H,7-9,11H2,1-3H3,(H,20,22)/t15-/m0/s1. The molecule has 0 saturated heterocycles. The molecule has 0 heterocycles. The fourth-order valence-corrected chi connectivity index (χ4v) is 2.88. The third-order valence-electron chi connectivity index (χ3n) is 4.02. The molecule has 0 bridgehead atoms. The number of rotatable bonds is 7. The Morgan fingerprint density at radius 3 is 2.58 bits per heavy atom. The van der Waals surface area contributed by atoms with E-state index in [1.165, 1.54) is 7.11 Å². The van der Waals surface area contributed by atoms with E-state index in [-0.39, 0.29) is 5.92 Å². The minimum Gasteiger partial charge on any atom is -0.467 e. The summed E-state index contributed by atoms with van der Waals surface area (Å²) in [7, 11) is 1.31. The maximum Gasteiger partial charge on any atom is 0.408 e. The van der Waals surface area contributed by atoms with Gasteiger partial charge in [0.1, 0.15) is 11.6 Å². The summed E-state index contributed by atoms with van der Waals surface area (Å²) in [5, 5.41) is 3.29. The second kappa shape index (κ2) is 7.88. The number of ether oxygens (including phenoxy) is 2. The molecule has 1 aromatic carbocycles. The van der Waals surface area contributed by atoms with Gasteiger partial charge in [-0.2, -0.15) is 0 Å². The van der Waals surface area contributed by atoms with Crippen LogP contribution in [0.5, 0.6) is 0 Å². The van der Waals surface area contributed by atoms with Crippen molar-refractivity contribution in [3.8, 4) is 0 Å². The topological polar surface area (TPSA) is 64.6 Å². The number of esters is 1. The van der Waals surface area contributed by atoms with Crippen LogP contribution in [0.15, 0.2) is 24.3 Å². The van der Waals surface area contributed by atoms with Crippen molar-refractivity contribution in [3.63, 3.8) is 0 Å². The van der Waals surface area contributed by atoms with E-state index in [2.05, 4.69) is 5.32 Å². The highest BCUT2D eigenvalue weighted by atomic mass is 35.5. The van der Waals surface area contributed by atoms with E-state index < -0.39 is 23.7 Å². The third kappa shape index (κ3) is 5.41. The molecule has 0 radical (unpaired) electrons. The molecule has 0 spiro atoms. The van der Waals surface area contributed by atoms with E-state index in [1.807, 2.05) is 38.1 Å². The van der Waals surface area contributed by atoms with Crippen molar-refractivity contribution in [1.29, 1.82) is 0 Å². The van der Waals surface area contributed by atoms with Gasteiger partial charge in [-0.3, -0.25) is 0 Å². The van der Waals surface area contributed by atoms with Crippen molar-refractivity contribution in [1.82, 2.24) is 5.32 Å². The fraction of sp³-hybridized carbons (Fsp3) is 0.556. The molecular weight excluding hydrogens is 330 g/mol. The molecule has 0 aliphatic heterocycles. The lowest BCUT2D eigenvalue weighted by Crippen LogP contribution is -2.44. The number of hydrogen-bond donors (Lipinski definition) is 1. The third-order valence-corrected chi connectivity index (χ3v) is 4.25. The van der Waals surface area contributed by atoms with Gasteiger partial charge < -0.3 is 14.8 Å². The van der Waals surface area contributed by atoms with Gasteiger partial charge in [0.25, 0.3) is 0 Å². The largest absolute Gasteiger partial charge is 0.467 e. The van der Waals surface area contributed by atoms with Crippen LogP contribution in [0.25, 0.3) is 0 Å². The minimum atomic E-state index is -0.690. The predicted octanol–water partition coefficient (Wildman–Crippen LogP) is 3.73. The number of carbonyl (C=O) groups excluding carboxylic acids is 2. The van der Waals surface area contributed by atoms with Crippen molar-refractivity contribution < 1.29 is 19.1 Å². The van der Waals surface area contributed by atoms with Crippen LogP contribution >= 0.6 is 11.6 Å². The Kier molecular flexibility index (Phi) is 6.10. The van der Waals surface area contributed by atoms with Crippen LogP contribution in [0.2, 0.25) is 5.02 Å². The molecule has 1 N–H and O–H groups in total. The number of amides is 1. The normalized spacial score (nSPS) is 16.4. The zero-order valence-corrected chi connectivity index (χ0v) is 15.1. The van der Waals surface area contributed by atoms with Gasteiger partial charge in [-0.1, -0.05) is 37.6 Å². The van der Waals surface area contributed by atoms with E-state index in [4.69, 9.17) is 21.1 Å². The zero-order chi connectivity index (χ0) is 17.7. The van der Waals surface area contributed by atoms with Crippen molar-refractivity contribution >= 4 is 23.7 Å². The van der Waals surface area contributed by atoms with E-state index in [1.54, 1.807) is 0 Å². The summed E-state index contributed by atoms with van der Waals surface area (Å²) in [6.45, 7) is 3.95. The smallest absolute Gasteiger partial charge is 0.408 e. The first-order valence-corrected chi connectivity index (χ1v) is 8.53. The fourth-order valence-electron chi connectivity index (χ4n) is 2.67. The summed E-state index contributed by atoms with van der Waals surface area (Å²) < 4.78 is 10.3. The Balaban J connectivity index is 1.94. The lowest BCUT2D eigenvalue weighted by atomic mass is 10.0. The van der Waals surface area contributed by atoms with Crippen molar-refractivity contribution in [2.24, 2.45) is 5.92 Å². The van der Waals surface area contributed by atoms with E-state index in [0.29, 0.717) is 17.9 Å². The highest BCUT2D eigenvalue weighted by Gasteiger charge is 2.47. The average molecular weight is 354 g/mol. The molecule has 0 unspecified atom stereocenters. The Labute approximate surface area is 147 Å². The van der Waals surface area contributed by atoms with Crippen LogP contribution < -0.4 is 5.32 Å². The molecule has 6 heteroatoms. The Bertz CT molecular complexity index is 598. The van der Waals surface area contributed by atoms with Gasteiger partial charge in [0.2, 0.25) is 0 Å². The molecule has 1 aromatic rings. The van der Waals surface area contributed by atoms with Gasteiger partial charge in [-0.25, -0.2) is 9.59 Å². The quantitative estimate of drug-likeness (QED) is 0.758. The number of carbonyl (C=O) groups is 2. The van der Waals surface area contributed by atoms with Crippen LogP contribution in [-0.4, -0.2) is 30.8 Å². The monoisotopic (exact) mass is 353 g/mol. The number of halogens is 1. The molecule has 1 amide bonds. The van der Waals surface area contributed by atoms with E-state index >= 15 is 0 Å². The SMILES string of the molecule is COC(=O)[C@H](CC(C)C)NC(=O)OC1(Cc2cccc(Cl)c2)CC1. The summed E-state index contributed by atoms with van der Waals surface area (Å²) in [4.78, 5) is 24.0. The number of methoxy groups -OCH3 is 1. The van der Waals surface area contributed by atoms with E-state index in [0.717, 1.165) is 18.4 Å². The van der Waals surface area contributed by atoms with E-state index in [9.17, 15) is 9.59 Å². The molecule has 1 aliphatic rings. The molecule has 1 aliphatic carbocycles. The van der Waals surface area contributed by atoms with Crippen LogP contribution in [0, 0.1) is 5.92 Å². The summed E-state index contributed by atoms with van der Waals surface area (Å²) in [6, 6.07) is 6.83. The van der Waals surface area contributed by atoms with Crippen molar-refractivity contribution in [2.75, 3.05) is 7.11 Å². The summed E-state index contributed by atoms with van der Waals surface area (Å²) >= 11 is 6.00. The van der Waals surface area contributed by atoms with Crippen LogP contribution in [-0.2, 0) is 20.7 Å². The Hall–Kier alpha value is -1.75. The molecule has 1 atom stereocenters. The van der Waals surface area contributed by atoms with Crippen molar-refractivity contribution in [2.45, 2.75) is 51.2 Å². The zero-order valence-electron chi connectivity index (χ0n) is 14.3. The lowest BCUT2D eigenvalue weighted by molar-refractivity contribution is -0.143. The predicted molar refractivity (Wildman–Crippen MR) is 92.0 cm³/mol. The van der Waals surface area contributed by atoms with Crippen LogP contribution in [0.4, 0.5) is 4.79 Å². The number of alkyl carbamates (subject to hydrolysis) is 1. The second-order valence-corrected chi connectivity index (χ2v) is 7.17. The van der Waals surface area contributed by atoms with Crippen LogP contribution in [0.1, 0.15) is 38.7 Å². The van der Waals surface area contributed by atoms with Gasteiger partial charge in [-0.15, -0.1) is 0 Å². The van der Waals surface area contributed by atoms with Crippen molar-refractivity contribution in [3.05, 3.63) is 34.9 Å². The van der Waals surface area contributed by atoms with Gasteiger partial charge in [0, 0.05) is 11.4 Å². The highest BCUT2D eigenvalue weighted by Crippen LogP contribution is 2.42. The number of benzene rings is 1. The van der Waals surface area contributed by atoms with Gasteiger partial charge in [-0.05, 0) is 42.9 Å². The minimum absolute atomic E-state index is 0.246. The summed E-state index contributed by atoms with van der Waals surface area (Å²) in [6.07, 6.45) is 2.16. The molecular formula is C18H24ClNO4. The summed E-state index contributed by atoms with van der Waals surface area (Å²) in [5.74, 6) is -0.212. The average Bonchev–Trinajstić information content (AvgIpc) is 3.24.